The van der Waals surface area contributed by atoms with Gasteiger partial charge in [-0.1, -0.05) is 12.1 Å². The highest BCUT2D eigenvalue weighted by molar-refractivity contribution is 6.32. The van der Waals surface area contributed by atoms with Crippen molar-refractivity contribution in [2.45, 2.75) is 20.8 Å². The zero-order valence-electron chi connectivity index (χ0n) is 16.6. The van der Waals surface area contributed by atoms with Crippen LogP contribution in [0, 0.1) is 24.0 Å². The van der Waals surface area contributed by atoms with Crippen molar-refractivity contribution in [3.8, 4) is 0 Å². The van der Waals surface area contributed by atoms with Crippen molar-refractivity contribution in [2.75, 3.05) is 24.0 Å². The van der Waals surface area contributed by atoms with Gasteiger partial charge in [-0.25, -0.2) is 0 Å². The van der Waals surface area contributed by atoms with Gasteiger partial charge in [0.05, 0.1) is 21.9 Å². The van der Waals surface area contributed by atoms with E-state index in [9.17, 15) is 14.9 Å². The predicted octanol–water partition coefficient (Wildman–Crippen LogP) is 4.08. The Balaban J connectivity index is 1.98. The van der Waals surface area contributed by atoms with Crippen molar-refractivity contribution in [1.29, 1.82) is 0 Å². The highest BCUT2D eigenvalue weighted by Gasteiger charge is 2.29. The fourth-order valence-corrected chi connectivity index (χ4v) is 3.04. The molecule has 2 aromatic carbocycles. The number of hydrogen-bond acceptors (Lipinski definition) is 5. The molecule has 0 unspecified atom stereocenters. The molecule has 1 aliphatic rings. The molecule has 7 heteroatoms. The molecule has 2 aromatic rings. The lowest BCUT2D eigenvalue weighted by Crippen LogP contribution is -2.21. The van der Waals surface area contributed by atoms with Crippen molar-refractivity contribution < 1.29 is 9.72 Å². The van der Waals surface area contributed by atoms with Crippen molar-refractivity contribution in [1.82, 2.24) is 0 Å². The minimum atomic E-state index is -0.420. The summed E-state index contributed by atoms with van der Waals surface area (Å²) >= 11 is 0. The summed E-state index contributed by atoms with van der Waals surface area (Å²) in [5.41, 5.74) is 4.98. The van der Waals surface area contributed by atoms with E-state index in [1.165, 1.54) is 11.1 Å². The normalized spacial score (nSPS) is 15.2. The van der Waals surface area contributed by atoms with E-state index in [1.54, 1.807) is 44.1 Å². The summed E-state index contributed by atoms with van der Waals surface area (Å²) in [6.45, 7) is 5.75. The second kappa shape index (κ2) is 7.26. The van der Waals surface area contributed by atoms with Gasteiger partial charge in [-0.15, -0.1) is 0 Å². The van der Waals surface area contributed by atoms with E-state index < -0.39 is 4.92 Å². The van der Waals surface area contributed by atoms with Gasteiger partial charge in [0.1, 0.15) is 5.69 Å². The third-order valence-electron chi connectivity index (χ3n) is 4.79. The van der Waals surface area contributed by atoms with Crippen LogP contribution in [0.4, 0.5) is 17.1 Å². The quantitative estimate of drug-likeness (QED) is 0.456. The van der Waals surface area contributed by atoms with E-state index in [0.29, 0.717) is 28.2 Å². The summed E-state index contributed by atoms with van der Waals surface area (Å²) in [4.78, 5) is 25.6. The summed E-state index contributed by atoms with van der Waals surface area (Å²) in [5.74, 6) is -0.250. The van der Waals surface area contributed by atoms with E-state index in [-0.39, 0.29) is 11.6 Å². The topological polar surface area (TPSA) is 79.0 Å². The molecule has 0 bridgehead atoms. The molecule has 144 valence electrons. The van der Waals surface area contributed by atoms with Crippen LogP contribution < -0.4 is 9.91 Å². The number of benzene rings is 2. The number of nitro benzene ring substituents is 1. The molecule has 28 heavy (non-hydrogen) atoms. The Morgan fingerprint density at radius 3 is 2.39 bits per heavy atom. The Kier molecular flexibility index (Phi) is 5.00. The molecular formula is C21H22N4O3. The van der Waals surface area contributed by atoms with Gasteiger partial charge in [-0.05, 0) is 61.7 Å². The average Bonchev–Trinajstić information content (AvgIpc) is 2.92. The van der Waals surface area contributed by atoms with E-state index >= 15 is 0 Å². The first-order valence-electron chi connectivity index (χ1n) is 8.84. The first kappa shape index (κ1) is 19.3. The van der Waals surface area contributed by atoms with E-state index in [1.807, 2.05) is 32.0 Å². The SMILES string of the molecule is CC1=NN(c2ccc(C)c(C)c2)C(=O)/C1=C/c1ccc(N(C)C)c([N+](=O)[O-])c1. The number of rotatable bonds is 4. The second-order valence-corrected chi connectivity index (χ2v) is 7.03. The lowest BCUT2D eigenvalue weighted by Gasteiger charge is -2.14. The largest absolute Gasteiger partial charge is 0.372 e. The van der Waals surface area contributed by atoms with Crippen LogP contribution in [0.5, 0.6) is 0 Å². The Morgan fingerprint density at radius 1 is 1.07 bits per heavy atom. The van der Waals surface area contributed by atoms with Gasteiger partial charge in [0.2, 0.25) is 0 Å². The average molecular weight is 378 g/mol. The number of carbonyl (C=O) groups excluding carboxylic acids is 1. The zero-order valence-corrected chi connectivity index (χ0v) is 16.6. The highest BCUT2D eigenvalue weighted by Crippen LogP contribution is 2.30. The summed E-state index contributed by atoms with van der Waals surface area (Å²) < 4.78 is 0. The van der Waals surface area contributed by atoms with E-state index in [0.717, 1.165) is 11.1 Å². The number of aryl methyl sites for hydroxylation is 2. The molecule has 1 heterocycles. The first-order valence-corrected chi connectivity index (χ1v) is 8.84. The Morgan fingerprint density at radius 2 is 1.79 bits per heavy atom. The Hall–Kier alpha value is -3.48. The molecule has 0 aromatic heterocycles. The maximum Gasteiger partial charge on any atom is 0.293 e. The predicted molar refractivity (Wildman–Crippen MR) is 112 cm³/mol. The summed E-state index contributed by atoms with van der Waals surface area (Å²) in [6.07, 6.45) is 1.65. The molecule has 1 amide bonds. The van der Waals surface area contributed by atoms with Crippen LogP contribution in [0.25, 0.3) is 6.08 Å². The monoisotopic (exact) mass is 378 g/mol. The summed E-state index contributed by atoms with van der Waals surface area (Å²) in [5, 5.41) is 17.2. The number of amides is 1. The number of nitrogens with zero attached hydrogens (tertiary/aromatic N) is 4. The number of nitro groups is 1. The molecule has 0 saturated carbocycles. The number of hydrogen-bond donors (Lipinski definition) is 0. The van der Waals surface area contributed by atoms with Gasteiger partial charge in [-0.3, -0.25) is 14.9 Å². The third-order valence-corrected chi connectivity index (χ3v) is 4.79. The molecular weight excluding hydrogens is 356 g/mol. The van der Waals surface area contributed by atoms with Gasteiger partial charge < -0.3 is 4.90 Å². The van der Waals surface area contributed by atoms with Gasteiger partial charge in [0.15, 0.2) is 0 Å². The lowest BCUT2D eigenvalue weighted by atomic mass is 10.1. The molecule has 1 aliphatic heterocycles. The van der Waals surface area contributed by atoms with Crippen molar-refractivity contribution in [3.63, 3.8) is 0 Å². The molecule has 7 nitrogen and oxygen atoms in total. The third kappa shape index (κ3) is 3.51. The molecule has 0 radical (unpaired) electrons. The van der Waals surface area contributed by atoms with Crippen molar-refractivity contribution in [3.05, 3.63) is 68.8 Å². The van der Waals surface area contributed by atoms with Crippen LogP contribution in [0.3, 0.4) is 0 Å². The van der Waals surface area contributed by atoms with E-state index in [4.69, 9.17) is 0 Å². The number of anilines is 2. The van der Waals surface area contributed by atoms with Crippen LogP contribution in [-0.2, 0) is 4.79 Å². The molecule has 0 aliphatic carbocycles. The molecule has 0 fully saturated rings. The minimum Gasteiger partial charge on any atom is -0.372 e. The standard InChI is InChI=1S/C21H22N4O3/c1-13-6-8-17(10-14(13)2)24-21(26)18(15(3)22-24)11-16-7-9-19(23(4)5)20(12-16)25(27)28/h6-12H,1-5H3/b18-11+. The van der Waals surface area contributed by atoms with Crippen LogP contribution in [-0.4, -0.2) is 30.6 Å². The van der Waals surface area contributed by atoms with Crippen LogP contribution >= 0.6 is 0 Å². The molecule has 0 atom stereocenters. The Labute approximate surface area is 163 Å². The molecule has 0 spiro atoms. The fourth-order valence-electron chi connectivity index (χ4n) is 3.04. The Bertz CT molecular complexity index is 1040. The summed E-state index contributed by atoms with van der Waals surface area (Å²) in [6, 6.07) is 10.6. The smallest absolute Gasteiger partial charge is 0.293 e. The maximum absolute atomic E-state index is 12.9. The molecule has 0 N–H and O–H groups in total. The zero-order chi connectivity index (χ0) is 20.6. The van der Waals surface area contributed by atoms with Crippen molar-refractivity contribution in [2.24, 2.45) is 5.10 Å². The molecule has 3 rings (SSSR count). The maximum atomic E-state index is 12.9. The number of hydrazone groups is 1. The van der Waals surface area contributed by atoms with E-state index in [2.05, 4.69) is 5.10 Å². The van der Waals surface area contributed by atoms with Gasteiger partial charge in [0.25, 0.3) is 11.6 Å². The van der Waals surface area contributed by atoms with Crippen LogP contribution in [0.15, 0.2) is 47.1 Å². The summed E-state index contributed by atoms with van der Waals surface area (Å²) in [7, 11) is 3.50. The van der Waals surface area contributed by atoms with Gasteiger partial charge in [-0.2, -0.15) is 10.1 Å². The van der Waals surface area contributed by atoms with Gasteiger partial charge >= 0.3 is 0 Å². The first-order chi connectivity index (χ1) is 13.2. The van der Waals surface area contributed by atoms with Crippen molar-refractivity contribution >= 4 is 34.8 Å². The highest BCUT2D eigenvalue weighted by atomic mass is 16.6. The number of carbonyl (C=O) groups is 1. The second-order valence-electron chi connectivity index (χ2n) is 7.03. The lowest BCUT2D eigenvalue weighted by molar-refractivity contribution is -0.384. The fraction of sp³-hybridized carbons (Fsp3) is 0.238. The van der Waals surface area contributed by atoms with Gasteiger partial charge in [0, 0.05) is 20.2 Å². The minimum absolute atomic E-state index is 0.00889. The molecule has 0 saturated heterocycles. The van der Waals surface area contributed by atoms with Crippen LogP contribution in [0.1, 0.15) is 23.6 Å². The van der Waals surface area contributed by atoms with Crippen LogP contribution in [0.2, 0.25) is 0 Å².